The molecular formula is C19H20N2O3. The number of carbonyl (C=O) groups is 1. The SMILES string of the molecule is CCOc1ccccc1NC(=O)Cc1noc2cc(C)c(C)cc12. The van der Waals surface area contributed by atoms with Gasteiger partial charge in [-0.15, -0.1) is 0 Å². The van der Waals surface area contributed by atoms with Crippen molar-refractivity contribution >= 4 is 22.6 Å². The second-order valence-electron chi connectivity index (χ2n) is 5.72. The molecule has 0 unspecified atom stereocenters. The maximum absolute atomic E-state index is 12.4. The number of carbonyl (C=O) groups excluding carboxylic acids is 1. The van der Waals surface area contributed by atoms with Gasteiger partial charge in [0.15, 0.2) is 5.58 Å². The Bertz CT molecular complexity index is 883. The van der Waals surface area contributed by atoms with Crippen molar-refractivity contribution in [2.45, 2.75) is 27.2 Å². The number of ether oxygens (including phenoxy) is 1. The minimum atomic E-state index is -0.157. The zero-order valence-corrected chi connectivity index (χ0v) is 14.1. The number of hydrogen-bond donors (Lipinski definition) is 1. The quantitative estimate of drug-likeness (QED) is 0.770. The third-order valence-electron chi connectivity index (χ3n) is 3.95. The number of benzene rings is 2. The molecule has 5 heteroatoms. The van der Waals surface area contributed by atoms with E-state index < -0.39 is 0 Å². The first-order valence-electron chi connectivity index (χ1n) is 7.95. The summed E-state index contributed by atoms with van der Waals surface area (Å²) in [4.78, 5) is 12.4. The fourth-order valence-corrected chi connectivity index (χ4v) is 2.57. The lowest BCUT2D eigenvalue weighted by Crippen LogP contribution is -2.15. The smallest absolute Gasteiger partial charge is 0.230 e. The predicted molar refractivity (Wildman–Crippen MR) is 93.4 cm³/mol. The van der Waals surface area contributed by atoms with Gasteiger partial charge in [0.1, 0.15) is 11.4 Å². The van der Waals surface area contributed by atoms with Gasteiger partial charge in [0.2, 0.25) is 5.91 Å². The molecule has 1 heterocycles. The molecule has 3 aromatic rings. The standard InChI is InChI=1S/C19H20N2O3/c1-4-23-17-8-6-5-7-15(17)20-19(22)11-16-14-9-12(2)13(3)10-18(14)24-21-16/h5-10H,4,11H2,1-3H3,(H,20,22). The van der Waals surface area contributed by atoms with E-state index in [4.69, 9.17) is 9.26 Å². The number of nitrogens with one attached hydrogen (secondary N) is 1. The van der Waals surface area contributed by atoms with E-state index >= 15 is 0 Å². The van der Waals surface area contributed by atoms with Crippen LogP contribution in [0.1, 0.15) is 23.7 Å². The summed E-state index contributed by atoms with van der Waals surface area (Å²) in [5.41, 5.74) is 4.29. The van der Waals surface area contributed by atoms with Crippen LogP contribution in [-0.2, 0) is 11.2 Å². The summed E-state index contributed by atoms with van der Waals surface area (Å²) >= 11 is 0. The molecule has 0 aliphatic carbocycles. The number of aryl methyl sites for hydroxylation is 2. The molecule has 0 aliphatic heterocycles. The van der Waals surface area contributed by atoms with Crippen molar-refractivity contribution < 1.29 is 14.1 Å². The van der Waals surface area contributed by atoms with Crippen LogP contribution in [0.4, 0.5) is 5.69 Å². The van der Waals surface area contributed by atoms with Crippen LogP contribution in [0.5, 0.6) is 5.75 Å². The highest BCUT2D eigenvalue weighted by Gasteiger charge is 2.15. The molecule has 3 rings (SSSR count). The molecule has 0 fully saturated rings. The lowest BCUT2D eigenvalue weighted by Gasteiger charge is -2.10. The van der Waals surface area contributed by atoms with Gasteiger partial charge in [-0.05, 0) is 56.2 Å². The fourth-order valence-electron chi connectivity index (χ4n) is 2.57. The minimum Gasteiger partial charge on any atom is -0.492 e. The predicted octanol–water partition coefficient (Wildman–Crippen LogP) is 4.02. The normalized spacial score (nSPS) is 10.8. The van der Waals surface area contributed by atoms with Crippen LogP contribution in [0, 0.1) is 13.8 Å². The summed E-state index contributed by atoms with van der Waals surface area (Å²) in [6.45, 7) is 6.50. The number of amides is 1. The molecule has 0 bridgehead atoms. The first-order valence-corrected chi connectivity index (χ1v) is 7.95. The van der Waals surface area contributed by atoms with Crippen LogP contribution in [0.2, 0.25) is 0 Å². The third-order valence-corrected chi connectivity index (χ3v) is 3.95. The van der Waals surface area contributed by atoms with Crippen molar-refractivity contribution in [3.63, 3.8) is 0 Å². The van der Waals surface area contributed by atoms with Gasteiger partial charge in [-0.1, -0.05) is 17.3 Å². The van der Waals surface area contributed by atoms with Gasteiger partial charge in [-0.25, -0.2) is 0 Å². The molecular weight excluding hydrogens is 304 g/mol. The van der Waals surface area contributed by atoms with E-state index in [-0.39, 0.29) is 12.3 Å². The largest absolute Gasteiger partial charge is 0.492 e. The van der Waals surface area contributed by atoms with Crippen LogP contribution in [-0.4, -0.2) is 17.7 Å². The van der Waals surface area contributed by atoms with Crippen molar-refractivity contribution in [2.24, 2.45) is 0 Å². The van der Waals surface area contributed by atoms with Crippen LogP contribution < -0.4 is 10.1 Å². The Balaban J connectivity index is 1.80. The Kier molecular flexibility index (Phi) is 4.51. The van der Waals surface area contributed by atoms with Crippen molar-refractivity contribution in [3.05, 3.63) is 53.2 Å². The van der Waals surface area contributed by atoms with Gasteiger partial charge in [0.25, 0.3) is 0 Å². The van der Waals surface area contributed by atoms with Crippen molar-refractivity contribution in [2.75, 3.05) is 11.9 Å². The molecule has 0 saturated carbocycles. The van der Waals surface area contributed by atoms with Gasteiger partial charge in [-0.2, -0.15) is 0 Å². The Morgan fingerprint density at radius 2 is 1.96 bits per heavy atom. The Hall–Kier alpha value is -2.82. The highest BCUT2D eigenvalue weighted by Crippen LogP contribution is 2.25. The molecule has 1 N–H and O–H groups in total. The molecule has 0 aliphatic rings. The number of para-hydroxylation sites is 2. The van der Waals surface area contributed by atoms with E-state index in [1.807, 2.05) is 57.2 Å². The monoisotopic (exact) mass is 324 g/mol. The molecule has 24 heavy (non-hydrogen) atoms. The average Bonchev–Trinajstić information content (AvgIpc) is 2.92. The van der Waals surface area contributed by atoms with E-state index in [2.05, 4.69) is 10.5 Å². The van der Waals surface area contributed by atoms with Crippen molar-refractivity contribution in [3.8, 4) is 5.75 Å². The third kappa shape index (κ3) is 3.25. The van der Waals surface area contributed by atoms with Crippen LogP contribution >= 0.6 is 0 Å². The highest BCUT2D eigenvalue weighted by atomic mass is 16.5. The zero-order chi connectivity index (χ0) is 17.1. The Morgan fingerprint density at radius 3 is 2.75 bits per heavy atom. The van der Waals surface area contributed by atoms with Crippen molar-refractivity contribution in [1.29, 1.82) is 0 Å². The van der Waals surface area contributed by atoms with E-state index in [0.717, 1.165) is 16.5 Å². The molecule has 0 saturated heterocycles. The fraction of sp³-hybridized carbons (Fsp3) is 0.263. The number of nitrogens with zero attached hydrogens (tertiary/aromatic N) is 1. The van der Waals surface area contributed by atoms with Gasteiger partial charge in [-0.3, -0.25) is 4.79 Å². The van der Waals surface area contributed by atoms with Gasteiger partial charge < -0.3 is 14.6 Å². The van der Waals surface area contributed by atoms with Crippen LogP contribution in [0.15, 0.2) is 40.9 Å². The van der Waals surface area contributed by atoms with E-state index in [9.17, 15) is 4.79 Å². The van der Waals surface area contributed by atoms with E-state index in [1.54, 1.807) is 0 Å². The second-order valence-corrected chi connectivity index (χ2v) is 5.72. The number of rotatable bonds is 5. The molecule has 2 aromatic carbocycles. The molecule has 0 atom stereocenters. The van der Waals surface area contributed by atoms with Crippen LogP contribution in [0.25, 0.3) is 11.0 Å². The summed E-state index contributed by atoms with van der Waals surface area (Å²) in [6, 6.07) is 11.3. The topological polar surface area (TPSA) is 64.4 Å². The number of fused-ring (bicyclic) bond motifs is 1. The van der Waals surface area contributed by atoms with Gasteiger partial charge >= 0.3 is 0 Å². The maximum atomic E-state index is 12.4. The maximum Gasteiger partial charge on any atom is 0.230 e. The van der Waals surface area contributed by atoms with Crippen LogP contribution in [0.3, 0.4) is 0 Å². The summed E-state index contributed by atoms with van der Waals surface area (Å²) in [6.07, 6.45) is 0.149. The first-order chi connectivity index (χ1) is 11.6. The Morgan fingerprint density at radius 1 is 1.21 bits per heavy atom. The lowest BCUT2D eigenvalue weighted by molar-refractivity contribution is -0.115. The minimum absolute atomic E-state index is 0.149. The summed E-state index contributed by atoms with van der Waals surface area (Å²) in [7, 11) is 0. The van der Waals surface area contributed by atoms with Gasteiger partial charge in [0.05, 0.1) is 18.7 Å². The first kappa shape index (κ1) is 16.1. The molecule has 1 aromatic heterocycles. The number of anilines is 1. The average molecular weight is 324 g/mol. The van der Waals surface area contributed by atoms with E-state index in [1.165, 1.54) is 0 Å². The lowest BCUT2D eigenvalue weighted by atomic mass is 10.1. The molecule has 1 amide bonds. The zero-order valence-electron chi connectivity index (χ0n) is 14.1. The van der Waals surface area contributed by atoms with E-state index in [0.29, 0.717) is 29.3 Å². The highest BCUT2D eigenvalue weighted by molar-refractivity contribution is 5.95. The number of hydrogen-bond acceptors (Lipinski definition) is 4. The summed E-state index contributed by atoms with van der Waals surface area (Å²) in [5, 5.41) is 7.81. The molecule has 0 spiro atoms. The summed E-state index contributed by atoms with van der Waals surface area (Å²) < 4.78 is 10.9. The molecule has 0 radical (unpaired) electrons. The number of aromatic nitrogens is 1. The second kappa shape index (κ2) is 6.74. The molecule has 124 valence electrons. The molecule has 5 nitrogen and oxygen atoms in total. The Labute approximate surface area is 140 Å². The van der Waals surface area contributed by atoms with Crippen molar-refractivity contribution in [1.82, 2.24) is 5.16 Å². The van der Waals surface area contributed by atoms with Gasteiger partial charge in [0, 0.05) is 5.39 Å². The summed E-state index contributed by atoms with van der Waals surface area (Å²) in [5.74, 6) is 0.500.